The summed E-state index contributed by atoms with van der Waals surface area (Å²) in [4.78, 5) is 11.0. The molecule has 1 unspecified atom stereocenters. The minimum absolute atomic E-state index is 0.215. The number of anilines is 5. The Labute approximate surface area is 210 Å². The number of sulfonamides is 1. The Morgan fingerprint density at radius 1 is 1.11 bits per heavy atom. The number of hydrogen-bond acceptors (Lipinski definition) is 8. The average molecular weight is 512 g/mol. The summed E-state index contributed by atoms with van der Waals surface area (Å²) in [5, 5.41) is 9.57. The van der Waals surface area contributed by atoms with Gasteiger partial charge in [0.15, 0.2) is 5.82 Å². The lowest BCUT2D eigenvalue weighted by Gasteiger charge is -2.33. The fourth-order valence-corrected chi connectivity index (χ4v) is 5.48. The highest BCUT2D eigenvalue weighted by Gasteiger charge is 2.24. The molecular formula is C25H30FN7O2S. The van der Waals surface area contributed by atoms with Crippen molar-refractivity contribution in [2.24, 2.45) is 0 Å². The maximum absolute atomic E-state index is 15.0. The molecule has 1 aromatic heterocycles. The van der Waals surface area contributed by atoms with Crippen LogP contribution in [-0.2, 0) is 23.0 Å². The Bertz CT molecular complexity index is 1360. The summed E-state index contributed by atoms with van der Waals surface area (Å²) in [5.74, 6) is 0.628. The number of piperazine rings is 1. The minimum Gasteiger partial charge on any atom is -0.382 e. The molecule has 2 aliphatic heterocycles. The summed E-state index contributed by atoms with van der Waals surface area (Å²) < 4.78 is 40.0. The molecule has 5 rings (SSSR count). The van der Waals surface area contributed by atoms with Crippen LogP contribution in [0.15, 0.2) is 48.7 Å². The van der Waals surface area contributed by atoms with E-state index in [2.05, 4.69) is 30.8 Å². The van der Waals surface area contributed by atoms with E-state index in [0.717, 1.165) is 23.5 Å². The van der Waals surface area contributed by atoms with Crippen molar-refractivity contribution < 1.29 is 12.8 Å². The molecule has 1 atom stereocenters. The molecule has 3 aromatic rings. The molecule has 11 heteroatoms. The Morgan fingerprint density at radius 2 is 1.92 bits per heavy atom. The molecule has 0 aliphatic carbocycles. The first kappa shape index (κ1) is 24.4. The predicted octanol–water partition coefficient (Wildman–Crippen LogP) is 3.54. The van der Waals surface area contributed by atoms with Crippen molar-refractivity contribution in [1.29, 1.82) is 0 Å². The molecule has 1 saturated heterocycles. The molecule has 2 aromatic carbocycles. The standard InChI is InChI=1S/C25H30FN7O2S/c1-17-14-20-21(28-17)6-7-22(24(20)26)30-23-8-9-27-25(31-23)29-19-5-3-4-18(15-19)16-32-10-12-33(13-11-32)36(2,34)35/h3-9,15,17,28H,10-14,16H2,1-2H3,(H2,27,29,30,31). The zero-order valence-electron chi connectivity index (χ0n) is 20.3. The molecular weight excluding hydrogens is 481 g/mol. The van der Waals surface area contributed by atoms with Crippen LogP contribution in [0.5, 0.6) is 0 Å². The molecule has 0 saturated carbocycles. The molecule has 0 bridgehead atoms. The van der Waals surface area contributed by atoms with Gasteiger partial charge in [0, 0.05) is 61.9 Å². The molecule has 2 aliphatic rings. The van der Waals surface area contributed by atoms with Crippen molar-refractivity contribution in [3.63, 3.8) is 0 Å². The number of aromatic nitrogens is 2. The molecule has 0 spiro atoms. The van der Waals surface area contributed by atoms with Gasteiger partial charge < -0.3 is 16.0 Å². The number of rotatable bonds is 7. The predicted molar refractivity (Wildman–Crippen MR) is 140 cm³/mol. The van der Waals surface area contributed by atoms with Crippen LogP contribution >= 0.6 is 0 Å². The molecule has 3 heterocycles. The Hall–Kier alpha value is -3.28. The number of halogens is 1. The Kier molecular flexibility index (Phi) is 6.78. The molecule has 190 valence electrons. The van der Waals surface area contributed by atoms with Gasteiger partial charge in [-0.2, -0.15) is 9.29 Å². The largest absolute Gasteiger partial charge is 0.382 e. The van der Waals surface area contributed by atoms with Gasteiger partial charge in [-0.05, 0) is 49.2 Å². The van der Waals surface area contributed by atoms with Gasteiger partial charge in [-0.1, -0.05) is 12.1 Å². The lowest BCUT2D eigenvalue weighted by Crippen LogP contribution is -2.47. The molecule has 36 heavy (non-hydrogen) atoms. The minimum atomic E-state index is -3.14. The van der Waals surface area contributed by atoms with Gasteiger partial charge in [0.2, 0.25) is 16.0 Å². The molecule has 3 N–H and O–H groups in total. The second kappa shape index (κ2) is 10.00. The Morgan fingerprint density at radius 3 is 2.69 bits per heavy atom. The van der Waals surface area contributed by atoms with Crippen molar-refractivity contribution >= 4 is 38.9 Å². The van der Waals surface area contributed by atoms with Crippen LogP contribution in [0.1, 0.15) is 18.1 Å². The van der Waals surface area contributed by atoms with Crippen LogP contribution in [0.2, 0.25) is 0 Å². The number of benzene rings is 2. The maximum atomic E-state index is 15.0. The van der Waals surface area contributed by atoms with Crippen LogP contribution in [0.4, 0.5) is 33.2 Å². The van der Waals surface area contributed by atoms with E-state index in [-0.39, 0.29) is 11.9 Å². The first-order valence-corrected chi connectivity index (χ1v) is 13.8. The highest BCUT2D eigenvalue weighted by atomic mass is 32.2. The van der Waals surface area contributed by atoms with Gasteiger partial charge >= 0.3 is 0 Å². The van der Waals surface area contributed by atoms with Crippen LogP contribution in [0.25, 0.3) is 0 Å². The van der Waals surface area contributed by atoms with Crippen molar-refractivity contribution in [1.82, 2.24) is 19.2 Å². The van der Waals surface area contributed by atoms with Crippen molar-refractivity contribution in [3.8, 4) is 0 Å². The summed E-state index contributed by atoms with van der Waals surface area (Å²) in [5.41, 5.74) is 3.85. The van der Waals surface area contributed by atoms with E-state index in [1.165, 1.54) is 10.6 Å². The lowest BCUT2D eigenvalue weighted by atomic mass is 10.1. The second-order valence-corrected chi connectivity index (χ2v) is 11.3. The zero-order valence-corrected chi connectivity index (χ0v) is 21.1. The number of nitrogens with zero attached hydrogens (tertiary/aromatic N) is 4. The van der Waals surface area contributed by atoms with Gasteiger partial charge in [0.05, 0.1) is 11.9 Å². The Balaban J connectivity index is 1.23. The molecule has 0 radical (unpaired) electrons. The lowest BCUT2D eigenvalue weighted by molar-refractivity contribution is 0.182. The van der Waals surface area contributed by atoms with E-state index in [9.17, 15) is 12.8 Å². The van der Waals surface area contributed by atoms with Gasteiger partial charge in [-0.3, -0.25) is 4.90 Å². The zero-order chi connectivity index (χ0) is 25.3. The fraction of sp³-hybridized carbons (Fsp3) is 0.360. The first-order chi connectivity index (χ1) is 17.2. The molecule has 1 fully saturated rings. The average Bonchev–Trinajstić information content (AvgIpc) is 3.22. The summed E-state index contributed by atoms with van der Waals surface area (Å²) >= 11 is 0. The summed E-state index contributed by atoms with van der Waals surface area (Å²) in [6, 6.07) is 13.5. The van der Waals surface area contributed by atoms with Gasteiger partial charge in [0.25, 0.3) is 0 Å². The topological polar surface area (TPSA) is 102 Å². The van der Waals surface area contributed by atoms with Gasteiger partial charge in [-0.15, -0.1) is 0 Å². The second-order valence-electron chi connectivity index (χ2n) is 9.36. The quantitative estimate of drug-likeness (QED) is 0.443. The van der Waals surface area contributed by atoms with Crippen LogP contribution in [0.3, 0.4) is 0 Å². The van der Waals surface area contributed by atoms with Gasteiger partial charge in [0.1, 0.15) is 5.82 Å². The molecule has 9 nitrogen and oxygen atoms in total. The normalized spacial score (nSPS) is 18.5. The smallest absolute Gasteiger partial charge is 0.229 e. The summed E-state index contributed by atoms with van der Waals surface area (Å²) in [6.07, 6.45) is 3.53. The first-order valence-electron chi connectivity index (χ1n) is 12.0. The monoisotopic (exact) mass is 511 g/mol. The van der Waals surface area contributed by atoms with Crippen molar-refractivity contribution in [2.75, 3.05) is 48.4 Å². The van der Waals surface area contributed by atoms with Crippen molar-refractivity contribution in [2.45, 2.75) is 25.9 Å². The van der Waals surface area contributed by atoms with Crippen LogP contribution in [0, 0.1) is 5.82 Å². The van der Waals surface area contributed by atoms with E-state index < -0.39 is 10.0 Å². The van der Waals surface area contributed by atoms with Crippen LogP contribution in [-0.4, -0.2) is 66.1 Å². The third-order valence-electron chi connectivity index (χ3n) is 6.46. The van der Waals surface area contributed by atoms with E-state index in [4.69, 9.17) is 0 Å². The van der Waals surface area contributed by atoms with E-state index in [0.29, 0.717) is 55.6 Å². The number of nitrogens with one attached hydrogen (secondary N) is 3. The number of hydrogen-bond donors (Lipinski definition) is 3. The summed E-state index contributed by atoms with van der Waals surface area (Å²) in [6.45, 7) is 5.14. The van der Waals surface area contributed by atoms with Gasteiger partial charge in [-0.25, -0.2) is 17.8 Å². The third kappa shape index (κ3) is 5.58. The maximum Gasteiger partial charge on any atom is 0.229 e. The highest BCUT2D eigenvalue weighted by Crippen LogP contribution is 2.33. The number of fused-ring (bicyclic) bond motifs is 1. The SMILES string of the molecule is CC1Cc2c(ccc(Nc3ccnc(Nc4cccc(CN5CCN(S(C)(=O)=O)CC5)c4)n3)c2F)N1. The van der Waals surface area contributed by atoms with Crippen LogP contribution < -0.4 is 16.0 Å². The molecule has 0 amide bonds. The van der Waals surface area contributed by atoms with E-state index >= 15 is 0 Å². The van der Waals surface area contributed by atoms with E-state index in [1.807, 2.05) is 37.3 Å². The third-order valence-corrected chi connectivity index (χ3v) is 7.77. The highest BCUT2D eigenvalue weighted by molar-refractivity contribution is 7.88. The summed E-state index contributed by atoms with van der Waals surface area (Å²) in [7, 11) is -3.14. The van der Waals surface area contributed by atoms with E-state index in [1.54, 1.807) is 18.3 Å². The van der Waals surface area contributed by atoms with Crippen molar-refractivity contribution in [3.05, 3.63) is 65.6 Å². The fourth-order valence-electron chi connectivity index (χ4n) is 4.66.